The summed E-state index contributed by atoms with van der Waals surface area (Å²) < 4.78 is 29.8. The van der Waals surface area contributed by atoms with Crippen molar-refractivity contribution in [3.8, 4) is 10.6 Å². The van der Waals surface area contributed by atoms with Crippen molar-refractivity contribution in [3.05, 3.63) is 108 Å². The van der Waals surface area contributed by atoms with Crippen molar-refractivity contribution in [2.45, 2.75) is 47.8 Å². The molecule has 2 aliphatic rings. The first-order valence-corrected chi connectivity index (χ1v) is 17.2. The zero-order chi connectivity index (χ0) is 29.0. The van der Waals surface area contributed by atoms with E-state index in [0.29, 0.717) is 17.3 Å². The van der Waals surface area contributed by atoms with Crippen molar-refractivity contribution in [2.24, 2.45) is 5.92 Å². The first kappa shape index (κ1) is 29.2. The van der Waals surface area contributed by atoms with Gasteiger partial charge in [-0.15, -0.1) is 11.3 Å². The van der Waals surface area contributed by atoms with Crippen LogP contribution in [0.25, 0.3) is 10.6 Å². The Kier molecular flexibility index (Phi) is 8.88. The van der Waals surface area contributed by atoms with Crippen LogP contribution in [0, 0.1) is 5.92 Å². The number of hydrogen-bond donors (Lipinski definition) is 1. The Morgan fingerprint density at radius 2 is 1.60 bits per heavy atom. The number of aryl methyl sites for hydroxylation is 1. The van der Waals surface area contributed by atoms with Crippen molar-refractivity contribution >= 4 is 21.4 Å². The highest BCUT2D eigenvalue weighted by atomic mass is 32.2. The molecule has 6 nitrogen and oxygen atoms in total. The van der Waals surface area contributed by atoms with Gasteiger partial charge in [0.2, 0.25) is 0 Å². The van der Waals surface area contributed by atoms with Crippen LogP contribution in [0.3, 0.4) is 0 Å². The summed E-state index contributed by atoms with van der Waals surface area (Å²) in [5.74, 6) is 0.310. The van der Waals surface area contributed by atoms with Crippen molar-refractivity contribution in [3.63, 3.8) is 0 Å². The minimum Gasteiger partial charge on any atom is -0.390 e. The first-order chi connectivity index (χ1) is 20.4. The van der Waals surface area contributed by atoms with Crippen LogP contribution in [0.2, 0.25) is 0 Å². The number of benzene rings is 2. The summed E-state index contributed by atoms with van der Waals surface area (Å²) in [6.07, 6.45) is 6.04. The molecule has 0 saturated carbocycles. The number of likely N-dealkylation sites (tertiary alicyclic amines) is 1. The van der Waals surface area contributed by atoms with E-state index in [1.807, 2.05) is 48.5 Å². The van der Waals surface area contributed by atoms with E-state index in [1.54, 1.807) is 16.6 Å². The Bertz CT molecular complexity index is 1540. The quantitative estimate of drug-likeness (QED) is 0.239. The molecule has 1 N–H and O–H groups in total. The fourth-order valence-electron chi connectivity index (χ4n) is 6.52. The third kappa shape index (κ3) is 6.68. The Morgan fingerprint density at radius 1 is 0.881 bits per heavy atom. The normalized spacial score (nSPS) is 21.5. The molecule has 0 unspecified atom stereocenters. The van der Waals surface area contributed by atoms with Gasteiger partial charge in [-0.1, -0.05) is 66.7 Å². The molecule has 0 amide bonds. The molecule has 2 fully saturated rings. The maximum atomic E-state index is 13.9. The smallest absolute Gasteiger partial charge is 0.252 e. The summed E-state index contributed by atoms with van der Waals surface area (Å²) in [7, 11) is -3.63. The highest BCUT2D eigenvalue weighted by Crippen LogP contribution is 2.39. The molecule has 42 heavy (non-hydrogen) atoms. The Balaban J connectivity index is 1.11. The molecular formula is C34H39N3O3S2. The lowest BCUT2D eigenvalue weighted by Gasteiger charge is -2.39. The number of hydrogen-bond acceptors (Lipinski definition) is 6. The zero-order valence-corrected chi connectivity index (χ0v) is 25.5. The van der Waals surface area contributed by atoms with E-state index in [4.69, 9.17) is 0 Å². The lowest BCUT2D eigenvalue weighted by Crippen LogP contribution is -2.46. The van der Waals surface area contributed by atoms with Crippen LogP contribution in [0.15, 0.2) is 101 Å². The standard InChI is InChI=1S/C34H39N3O3S2/c38-34(18-9-12-27-10-3-1-4-11-27)19-22-36(23-20-34)24-29-25-37(26-30(29)28-13-5-2-6-14-28)42(39,40)33-17-16-32(41-33)31-15-7-8-21-35-31/h1-8,10-11,13-17,21,29-30,38H,9,12,18-20,22-26H2/t29-,30+/m0/s1. The van der Waals surface area contributed by atoms with Crippen LogP contribution < -0.4 is 0 Å². The van der Waals surface area contributed by atoms with E-state index in [1.165, 1.54) is 22.5 Å². The van der Waals surface area contributed by atoms with Gasteiger partial charge in [0.25, 0.3) is 10.0 Å². The summed E-state index contributed by atoms with van der Waals surface area (Å²) in [5, 5.41) is 11.3. The largest absolute Gasteiger partial charge is 0.390 e. The predicted octanol–water partition coefficient (Wildman–Crippen LogP) is 6.06. The SMILES string of the molecule is O=S(=O)(c1ccc(-c2ccccn2)s1)N1C[C@H](CN2CCC(O)(CCCc3ccccc3)CC2)[C@@H](c2ccccc2)C1. The zero-order valence-electron chi connectivity index (χ0n) is 23.9. The van der Waals surface area contributed by atoms with E-state index in [2.05, 4.69) is 46.3 Å². The van der Waals surface area contributed by atoms with Gasteiger partial charge < -0.3 is 10.0 Å². The maximum absolute atomic E-state index is 13.9. The Morgan fingerprint density at radius 3 is 2.31 bits per heavy atom. The maximum Gasteiger partial charge on any atom is 0.252 e. The lowest BCUT2D eigenvalue weighted by molar-refractivity contribution is -0.0315. The number of aliphatic hydroxyl groups is 1. The summed E-state index contributed by atoms with van der Waals surface area (Å²) in [6.45, 7) is 3.48. The fourth-order valence-corrected chi connectivity index (χ4v) is 9.48. The Hall–Kier alpha value is -2.88. The average Bonchev–Trinajstić information content (AvgIpc) is 3.69. The van der Waals surface area contributed by atoms with Crippen LogP contribution in [0.1, 0.15) is 42.7 Å². The molecule has 8 heteroatoms. The summed E-state index contributed by atoms with van der Waals surface area (Å²) in [6, 6.07) is 30.1. The summed E-state index contributed by atoms with van der Waals surface area (Å²) in [5.41, 5.74) is 2.69. The molecule has 0 radical (unpaired) electrons. The number of thiophene rings is 1. The molecule has 2 saturated heterocycles. The number of sulfonamides is 1. The minimum atomic E-state index is -3.63. The van der Waals surface area contributed by atoms with Gasteiger partial charge in [-0.25, -0.2) is 8.42 Å². The molecule has 2 aliphatic heterocycles. The van der Waals surface area contributed by atoms with Gasteiger partial charge in [0, 0.05) is 44.8 Å². The molecule has 0 bridgehead atoms. The summed E-state index contributed by atoms with van der Waals surface area (Å²) >= 11 is 1.29. The van der Waals surface area contributed by atoms with Crippen LogP contribution in [-0.4, -0.2) is 66.0 Å². The second-order valence-corrected chi connectivity index (χ2v) is 15.0. The van der Waals surface area contributed by atoms with E-state index in [9.17, 15) is 13.5 Å². The molecule has 220 valence electrons. The monoisotopic (exact) mass is 601 g/mol. The number of aromatic nitrogens is 1. The summed E-state index contributed by atoms with van der Waals surface area (Å²) in [4.78, 5) is 7.68. The lowest BCUT2D eigenvalue weighted by atomic mass is 9.84. The number of pyridine rings is 1. The highest BCUT2D eigenvalue weighted by Gasteiger charge is 2.42. The second-order valence-electron chi connectivity index (χ2n) is 11.8. The van der Waals surface area contributed by atoms with Gasteiger partial charge in [-0.3, -0.25) is 4.98 Å². The Labute approximate surface area is 253 Å². The first-order valence-electron chi connectivity index (χ1n) is 14.9. The van der Waals surface area contributed by atoms with Gasteiger partial charge in [0.1, 0.15) is 4.21 Å². The van der Waals surface area contributed by atoms with E-state index in [-0.39, 0.29) is 11.8 Å². The average molecular weight is 602 g/mol. The van der Waals surface area contributed by atoms with Crippen LogP contribution in [0.5, 0.6) is 0 Å². The second kappa shape index (κ2) is 12.8. The molecular weight excluding hydrogens is 563 g/mol. The number of rotatable bonds is 10. The van der Waals surface area contributed by atoms with Crippen LogP contribution in [-0.2, 0) is 16.4 Å². The number of piperidine rings is 1. The molecule has 4 aromatic rings. The molecule has 2 aromatic heterocycles. The minimum absolute atomic E-state index is 0.128. The van der Waals surface area contributed by atoms with Crippen molar-refractivity contribution in [2.75, 3.05) is 32.7 Å². The molecule has 2 atom stereocenters. The third-order valence-corrected chi connectivity index (χ3v) is 12.4. The van der Waals surface area contributed by atoms with Crippen LogP contribution in [0.4, 0.5) is 0 Å². The van der Waals surface area contributed by atoms with Gasteiger partial charge >= 0.3 is 0 Å². The topological polar surface area (TPSA) is 73.7 Å². The fraction of sp³-hybridized carbons (Fsp3) is 0.382. The van der Waals surface area contributed by atoms with Gasteiger partial charge in [-0.2, -0.15) is 4.31 Å². The third-order valence-electron chi connectivity index (χ3n) is 8.96. The van der Waals surface area contributed by atoms with Crippen molar-refractivity contribution in [1.29, 1.82) is 0 Å². The van der Waals surface area contributed by atoms with E-state index >= 15 is 0 Å². The van der Waals surface area contributed by atoms with Crippen molar-refractivity contribution in [1.82, 2.24) is 14.2 Å². The highest BCUT2D eigenvalue weighted by molar-refractivity contribution is 7.91. The number of nitrogens with zero attached hydrogens (tertiary/aromatic N) is 3. The molecule has 0 spiro atoms. The molecule has 6 rings (SSSR count). The molecule has 4 heterocycles. The van der Waals surface area contributed by atoms with Gasteiger partial charge in [-0.05, 0) is 73.4 Å². The molecule has 0 aliphatic carbocycles. The predicted molar refractivity (Wildman–Crippen MR) is 169 cm³/mol. The van der Waals surface area contributed by atoms with Crippen LogP contribution >= 0.6 is 11.3 Å². The van der Waals surface area contributed by atoms with Crippen molar-refractivity contribution < 1.29 is 13.5 Å². The van der Waals surface area contributed by atoms with Gasteiger partial charge in [0.05, 0.1) is 16.2 Å². The van der Waals surface area contributed by atoms with E-state index in [0.717, 1.165) is 62.3 Å². The molecule has 2 aromatic carbocycles. The van der Waals surface area contributed by atoms with E-state index < -0.39 is 15.6 Å². The van der Waals surface area contributed by atoms with Gasteiger partial charge in [0.15, 0.2) is 0 Å².